The molecule has 0 bridgehead atoms. The monoisotopic (exact) mass is 450 g/mol. The number of ether oxygens (including phenoxy) is 1. The summed E-state index contributed by atoms with van der Waals surface area (Å²) < 4.78 is 69.6. The van der Waals surface area contributed by atoms with Crippen molar-refractivity contribution in [1.82, 2.24) is 0 Å². The lowest BCUT2D eigenvalue weighted by molar-refractivity contribution is -0.274. The zero-order chi connectivity index (χ0) is 23.3. The summed E-state index contributed by atoms with van der Waals surface area (Å²) in [6, 6.07) is 7.47. The average molecular weight is 450 g/mol. The Labute approximate surface area is 186 Å². The molecule has 172 valence electrons. The fraction of sp³-hybridized carbons (Fsp3) is 0.462. The fourth-order valence-electron chi connectivity index (χ4n) is 4.44. The predicted octanol–water partition coefficient (Wildman–Crippen LogP) is 7.66. The highest BCUT2D eigenvalue weighted by Gasteiger charge is 2.31. The van der Waals surface area contributed by atoms with Gasteiger partial charge in [0.15, 0.2) is 0 Å². The van der Waals surface area contributed by atoms with Gasteiger partial charge in [-0.25, -0.2) is 8.78 Å². The minimum Gasteiger partial charge on any atom is -0.406 e. The first kappa shape index (κ1) is 24.1. The Morgan fingerprint density at radius 3 is 2.09 bits per heavy atom. The van der Waals surface area contributed by atoms with Crippen molar-refractivity contribution in [2.45, 2.75) is 58.7 Å². The van der Waals surface area contributed by atoms with E-state index in [9.17, 15) is 22.0 Å². The summed E-state index contributed by atoms with van der Waals surface area (Å²) in [4.78, 5) is 0. The molecule has 2 aromatic rings. The third-order valence-electron chi connectivity index (χ3n) is 6.35. The molecule has 0 heterocycles. The summed E-state index contributed by atoms with van der Waals surface area (Å²) in [7, 11) is 0. The molecule has 0 aliphatic heterocycles. The molecule has 6 heteroatoms. The van der Waals surface area contributed by atoms with Crippen LogP contribution in [-0.2, 0) is 6.42 Å². The molecule has 1 aliphatic carbocycles. The van der Waals surface area contributed by atoms with Crippen LogP contribution < -0.4 is 4.74 Å². The molecular weight excluding hydrogens is 423 g/mol. The quantitative estimate of drug-likeness (QED) is 0.336. The van der Waals surface area contributed by atoms with Gasteiger partial charge in [-0.3, -0.25) is 0 Å². The van der Waals surface area contributed by atoms with Crippen LogP contribution in [0.15, 0.2) is 36.4 Å². The molecule has 2 aromatic carbocycles. The molecule has 0 spiro atoms. The van der Waals surface area contributed by atoms with Crippen LogP contribution in [0.2, 0.25) is 0 Å². The average Bonchev–Trinajstić information content (AvgIpc) is 2.73. The fourth-order valence-corrected chi connectivity index (χ4v) is 4.44. The smallest absolute Gasteiger partial charge is 0.406 e. The van der Waals surface area contributed by atoms with Crippen LogP contribution in [0.5, 0.6) is 5.75 Å². The van der Waals surface area contributed by atoms with E-state index in [2.05, 4.69) is 30.4 Å². The maximum atomic E-state index is 14.6. The lowest BCUT2D eigenvalue weighted by Crippen LogP contribution is -2.21. The van der Waals surface area contributed by atoms with Crippen molar-refractivity contribution < 1.29 is 26.7 Å². The molecule has 1 aliphatic rings. The van der Waals surface area contributed by atoms with E-state index >= 15 is 0 Å². The molecule has 3 rings (SSSR count). The van der Waals surface area contributed by atoms with Crippen molar-refractivity contribution in [1.29, 1.82) is 0 Å². The Bertz CT molecular complexity index is 937. The zero-order valence-electron chi connectivity index (χ0n) is 18.2. The Hall–Kier alpha value is -2.55. The highest BCUT2D eigenvalue weighted by Crippen LogP contribution is 2.36. The maximum Gasteiger partial charge on any atom is 0.573 e. The predicted molar refractivity (Wildman–Crippen MR) is 114 cm³/mol. The minimum atomic E-state index is -4.78. The summed E-state index contributed by atoms with van der Waals surface area (Å²) >= 11 is 0. The van der Waals surface area contributed by atoms with E-state index < -0.39 is 18.0 Å². The van der Waals surface area contributed by atoms with E-state index in [0.29, 0.717) is 29.4 Å². The van der Waals surface area contributed by atoms with Gasteiger partial charge < -0.3 is 4.74 Å². The van der Waals surface area contributed by atoms with Gasteiger partial charge in [-0.2, -0.15) is 0 Å². The highest BCUT2D eigenvalue weighted by molar-refractivity contribution is 5.46. The van der Waals surface area contributed by atoms with E-state index in [0.717, 1.165) is 18.1 Å². The van der Waals surface area contributed by atoms with E-state index in [-0.39, 0.29) is 11.3 Å². The first-order valence-corrected chi connectivity index (χ1v) is 11.0. The molecule has 1 fully saturated rings. The first-order valence-electron chi connectivity index (χ1n) is 11.0. The van der Waals surface area contributed by atoms with Crippen molar-refractivity contribution in [3.05, 3.63) is 64.7 Å². The van der Waals surface area contributed by atoms with Gasteiger partial charge in [0, 0.05) is 5.56 Å². The highest BCUT2D eigenvalue weighted by atomic mass is 19.4. The van der Waals surface area contributed by atoms with Gasteiger partial charge in [-0.1, -0.05) is 45.0 Å². The molecule has 32 heavy (non-hydrogen) atoms. The number of benzene rings is 2. The standard InChI is InChI=1S/C26H27F5O/c1-3-18-4-9-21(10-5-18)17(2)14-20-15-24(27)23(25(28)16-20)13-8-19-6-11-22(12-7-19)32-26(29,30)31/h6-7,11-12,15-18,21H,3-5,9-10,14H2,1-2H3. The zero-order valence-corrected chi connectivity index (χ0v) is 18.2. The first-order chi connectivity index (χ1) is 15.1. The second-order valence-electron chi connectivity index (χ2n) is 8.63. The molecule has 1 nitrogen and oxygen atoms in total. The number of rotatable bonds is 5. The van der Waals surface area contributed by atoms with Crippen LogP contribution in [0.25, 0.3) is 0 Å². The lowest BCUT2D eigenvalue weighted by Gasteiger charge is -2.32. The van der Waals surface area contributed by atoms with E-state index in [1.165, 1.54) is 56.4 Å². The van der Waals surface area contributed by atoms with E-state index in [1.54, 1.807) is 0 Å². The van der Waals surface area contributed by atoms with Crippen molar-refractivity contribution >= 4 is 0 Å². The second kappa shape index (κ2) is 10.4. The van der Waals surface area contributed by atoms with Crippen LogP contribution in [0.3, 0.4) is 0 Å². The van der Waals surface area contributed by atoms with Gasteiger partial charge in [0.25, 0.3) is 0 Å². The summed E-state index contributed by atoms with van der Waals surface area (Å²) in [6.45, 7) is 4.37. The maximum absolute atomic E-state index is 14.6. The van der Waals surface area contributed by atoms with Crippen LogP contribution >= 0.6 is 0 Å². The van der Waals surface area contributed by atoms with Gasteiger partial charge in [0.2, 0.25) is 0 Å². The summed E-state index contributed by atoms with van der Waals surface area (Å²) in [6.07, 6.45) is 1.84. The summed E-state index contributed by atoms with van der Waals surface area (Å²) in [5, 5.41) is 0. The number of hydrogen-bond acceptors (Lipinski definition) is 1. The van der Waals surface area contributed by atoms with Gasteiger partial charge in [0.05, 0.1) is 5.56 Å². The van der Waals surface area contributed by atoms with Crippen molar-refractivity contribution in [2.24, 2.45) is 17.8 Å². The number of hydrogen-bond donors (Lipinski definition) is 0. The van der Waals surface area contributed by atoms with Gasteiger partial charge >= 0.3 is 6.36 Å². The Balaban J connectivity index is 1.66. The largest absolute Gasteiger partial charge is 0.573 e. The van der Waals surface area contributed by atoms with Gasteiger partial charge in [0.1, 0.15) is 17.4 Å². The van der Waals surface area contributed by atoms with Gasteiger partial charge in [-0.15, -0.1) is 13.2 Å². The molecule has 1 unspecified atom stereocenters. The van der Waals surface area contributed by atoms with Crippen LogP contribution in [0, 0.1) is 41.2 Å². The van der Waals surface area contributed by atoms with E-state index in [4.69, 9.17) is 0 Å². The number of halogens is 5. The molecular formula is C26H27F5O. The van der Waals surface area contributed by atoms with Crippen molar-refractivity contribution in [3.8, 4) is 17.6 Å². The third-order valence-corrected chi connectivity index (χ3v) is 6.35. The van der Waals surface area contributed by atoms with Crippen LogP contribution in [0.4, 0.5) is 22.0 Å². The molecule has 0 saturated heterocycles. The Kier molecular flexibility index (Phi) is 7.82. The Morgan fingerprint density at radius 2 is 1.56 bits per heavy atom. The molecule has 0 aromatic heterocycles. The van der Waals surface area contributed by atoms with E-state index in [1.807, 2.05) is 0 Å². The topological polar surface area (TPSA) is 9.23 Å². The lowest BCUT2D eigenvalue weighted by atomic mass is 9.74. The third kappa shape index (κ3) is 6.72. The molecule has 0 N–H and O–H groups in total. The van der Waals surface area contributed by atoms with Gasteiger partial charge in [-0.05, 0) is 79.0 Å². The summed E-state index contributed by atoms with van der Waals surface area (Å²) in [5.41, 5.74) is 0.587. The van der Waals surface area contributed by atoms with Crippen LogP contribution in [0.1, 0.15) is 62.6 Å². The molecule has 0 radical (unpaired) electrons. The molecule has 1 atom stereocenters. The van der Waals surface area contributed by atoms with Crippen molar-refractivity contribution in [3.63, 3.8) is 0 Å². The van der Waals surface area contributed by atoms with Crippen molar-refractivity contribution in [2.75, 3.05) is 0 Å². The van der Waals surface area contributed by atoms with Crippen LogP contribution in [-0.4, -0.2) is 6.36 Å². The second-order valence-corrected chi connectivity index (χ2v) is 8.63. The molecule has 1 saturated carbocycles. The summed E-state index contributed by atoms with van der Waals surface area (Å²) in [5.74, 6) is 4.93. The molecule has 0 amide bonds. The SMILES string of the molecule is CCC1CCC(C(C)Cc2cc(F)c(C#Cc3ccc(OC(F)(F)F)cc3)c(F)c2)CC1. The normalized spacial score (nSPS) is 19.7. The minimum absolute atomic E-state index is 0.318. The Morgan fingerprint density at radius 1 is 0.969 bits per heavy atom. The number of alkyl halides is 3.